The summed E-state index contributed by atoms with van der Waals surface area (Å²) < 4.78 is 5.16. The van der Waals surface area contributed by atoms with E-state index in [1.54, 1.807) is 12.1 Å². The Morgan fingerprint density at radius 1 is 1.53 bits per heavy atom. The number of rotatable bonds is 4. The van der Waals surface area contributed by atoms with E-state index >= 15 is 0 Å². The summed E-state index contributed by atoms with van der Waals surface area (Å²) in [6, 6.07) is 3.34. The molecule has 1 heterocycles. The first-order chi connectivity index (χ1) is 7.13. The van der Waals surface area contributed by atoms with Crippen LogP contribution in [0.4, 0.5) is 5.82 Å². The minimum atomic E-state index is -0.180. The summed E-state index contributed by atoms with van der Waals surface area (Å²) in [5.41, 5.74) is 0.561. The van der Waals surface area contributed by atoms with Crippen LogP contribution in [0.15, 0.2) is 18.7 Å². The van der Waals surface area contributed by atoms with E-state index in [2.05, 4.69) is 22.1 Å². The van der Waals surface area contributed by atoms with Gasteiger partial charge < -0.3 is 10.1 Å². The number of aromatic nitrogens is 2. The number of hydrogen-bond donors (Lipinski definition) is 1. The SMILES string of the molecule is C=C(OCC)c1ccc(NC(C)=O)nn1. The molecule has 5 nitrogen and oxygen atoms in total. The number of anilines is 1. The second-order valence-corrected chi connectivity index (χ2v) is 2.84. The highest BCUT2D eigenvalue weighted by Crippen LogP contribution is 2.11. The van der Waals surface area contributed by atoms with Crippen molar-refractivity contribution in [1.82, 2.24) is 10.2 Å². The topological polar surface area (TPSA) is 64.1 Å². The average Bonchev–Trinajstić information content (AvgIpc) is 2.18. The number of nitrogens with zero attached hydrogens (tertiary/aromatic N) is 2. The minimum absolute atomic E-state index is 0.180. The molecule has 0 spiro atoms. The Morgan fingerprint density at radius 2 is 2.27 bits per heavy atom. The van der Waals surface area contributed by atoms with E-state index < -0.39 is 0 Å². The predicted octanol–water partition coefficient (Wildman–Crippen LogP) is 1.44. The maximum atomic E-state index is 10.7. The molecule has 0 aliphatic heterocycles. The van der Waals surface area contributed by atoms with Crippen molar-refractivity contribution in [2.45, 2.75) is 13.8 Å². The zero-order chi connectivity index (χ0) is 11.3. The lowest BCUT2D eigenvalue weighted by Gasteiger charge is -2.05. The van der Waals surface area contributed by atoms with Gasteiger partial charge in [-0.1, -0.05) is 6.58 Å². The minimum Gasteiger partial charge on any atom is -0.492 e. The van der Waals surface area contributed by atoms with Crippen LogP contribution in [0.5, 0.6) is 0 Å². The fraction of sp³-hybridized carbons (Fsp3) is 0.300. The van der Waals surface area contributed by atoms with E-state index in [-0.39, 0.29) is 5.91 Å². The third-order valence-corrected chi connectivity index (χ3v) is 1.57. The maximum Gasteiger partial charge on any atom is 0.222 e. The summed E-state index contributed by atoms with van der Waals surface area (Å²) in [5, 5.41) is 10.2. The van der Waals surface area contributed by atoms with Gasteiger partial charge in [0.25, 0.3) is 0 Å². The highest BCUT2D eigenvalue weighted by atomic mass is 16.5. The molecule has 1 amide bonds. The maximum absolute atomic E-state index is 10.7. The number of amides is 1. The fourth-order valence-corrected chi connectivity index (χ4v) is 0.976. The fourth-order valence-electron chi connectivity index (χ4n) is 0.976. The Morgan fingerprint density at radius 3 is 2.73 bits per heavy atom. The Balaban J connectivity index is 2.71. The van der Waals surface area contributed by atoms with E-state index in [9.17, 15) is 4.79 Å². The van der Waals surface area contributed by atoms with Crippen LogP contribution in [0.2, 0.25) is 0 Å². The van der Waals surface area contributed by atoms with Crippen LogP contribution in [0.25, 0.3) is 5.76 Å². The summed E-state index contributed by atoms with van der Waals surface area (Å²) in [5.74, 6) is 0.704. The molecular formula is C10H13N3O2. The molecule has 0 aromatic carbocycles. The predicted molar refractivity (Wildman–Crippen MR) is 57.0 cm³/mol. The molecule has 0 unspecified atom stereocenters. The number of carbonyl (C=O) groups is 1. The zero-order valence-electron chi connectivity index (χ0n) is 8.78. The molecule has 0 bridgehead atoms. The van der Waals surface area contributed by atoms with Crippen LogP contribution < -0.4 is 5.32 Å². The molecule has 0 saturated carbocycles. The number of hydrogen-bond acceptors (Lipinski definition) is 4. The van der Waals surface area contributed by atoms with Gasteiger partial charge in [0.2, 0.25) is 5.91 Å². The van der Waals surface area contributed by atoms with Crippen LogP contribution in [0, 0.1) is 0 Å². The summed E-state index contributed by atoms with van der Waals surface area (Å²) in [6.45, 7) is 7.51. The van der Waals surface area contributed by atoms with Crippen molar-refractivity contribution in [2.75, 3.05) is 11.9 Å². The molecule has 1 aromatic rings. The molecule has 15 heavy (non-hydrogen) atoms. The summed E-state index contributed by atoms with van der Waals surface area (Å²) in [7, 11) is 0. The molecular weight excluding hydrogens is 194 g/mol. The number of ether oxygens (including phenoxy) is 1. The number of carbonyl (C=O) groups excluding carboxylic acids is 1. The van der Waals surface area contributed by atoms with Crippen molar-refractivity contribution in [3.8, 4) is 0 Å². The van der Waals surface area contributed by atoms with Gasteiger partial charge in [-0.2, -0.15) is 0 Å². The smallest absolute Gasteiger partial charge is 0.222 e. The first-order valence-electron chi connectivity index (χ1n) is 4.57. The van der Waals surface area contributed by atoms with Crippen molar-refractivity contribution in [2.24, 2.45) is 0 Å². The third kappa shape index (κ3) is 3.38. The van der Waals surface area contributed by atoms with Crippen LogP contribution in [0.3, 0.4) is 0 Å². The summed E-state index contributed by atoms with van der Waals surface area (Å²) >= 11 is 0. The lowest BCUT2D eigenvalue weighted by atomic mass is 10.3. The normalized spacial score (nSPS) is 9.47. The van der Waals surface area contributed by atoms with Gasteiger partial charge in [-0.25, -0.2) is 0 Å². The van der Waals surface area contributed by atoms with Gasteiger partial charge >= 0.3 is 0 Å². The zero-order valence-corrected chi connectivity index (χ0v) is 8.78. The molecule has 0 fully saturated rings. The van der Waals surface area contributed by atoms with Crippen molar-refractivity contribution in [3.05, 3.63) is 24.4 Å². The van der Waals surface area contributed by atoms with Crippen LogP contribution in [-0.4, -0.2) is 22.7 Å². The monoisotopic (exact) mass is 207 g/mol. The van der Waals surface area contributed by atoms with Gasteiger partial charge in [-0.15, -0.1) is 10.2 Å². The average molecular weight is 207 g/mol. The van der Waals surface area contributed by atoms with Crippen LogP contribution in [-0.2, 0) is 9.53 Å². The van der Waals surface area contributed by atoms with Gasteiger partial charge in [-0.3, -0.25) is 4.79 Å². The lowest BCUT2D eigenvalue weighted by molar-refractivity contribution is -0.114. The number of nitrogens with one attached hydrogen (secondary N) is 1. The van der Waals surface area contributed by atoms with E-state index in [1.165, 1.54) is 6.92 Å². The van der Waals surface area contributed by atoms with E-state index in [1.807, 2.05) is 6.92 Å². The Labute approximate surface area is 88.2 Å². The molecule has 80 valence electrons. The standard InChI is InChI=1S/C10H13N3O2/c1-4-15-7(2)9-5-6-10(13-12-9)11-8(3)14/h5-6H,2,4H2,1,3H3,(H,11,13,14). The third-order valence-electron chi connectivity index (χ3n) is 1.57. The first kappa shape index (κ1) is 11.2. The molecule has 0 saturated heterocycles. The van der Waals surface area contributed by atoms with Gasteiger partial charge in [0.15, 0.2) is 5.82 Å². The van der Waals surface area contributed by atoms with Crippen molar-refractivity contribution >= 4 is 17.5 Å². The Hall–Kier alpha value is -1.91. The molecule has 0 aliphatic carbocycles. The highest BCUT2D eigenvalue weighted by molar-refractivity contribution is 5.87. The van der Waals surface area contributed by atoms with Gasteiger partial charge in [0, 0.05) is 6.92 Å². The largest absolute Gasteiger partial charge is 0.492 e. The Bertz CT molecular complexity index is 359. The van der Waals surface area contributed by atoms with Crippen LogP contribution in [0.1, 0.15) is 19.5 Å². The van der Waals surface area contributed by atoms with Crippen molar-refractivity contribution in [3.63, 3.8) is 0 Å². The lowest BCUT2D eigenvalue weighted by Crippen LogP contribution is -2.08. The van der Waals surface area contributed by atoms with E-state index in [0.29, 0.717) is 23.9 Å². The molecule has 0 radical (unpaired) electrons. The van der Waals surface area contributed by atoms with E-state index in [0.717, 1.165) is 0 Å². The van der Waals surface area contributed by atoms with Gasteiger partial charge in [0.05, 0.1) is 6.61 Å². The van der Waals surface area contributed by atoms with E-state index in [4.69, 9.17) is 4.74 Å². The van der Waals surface area contributed by atoms with Crippen molar-refractivity contribution in [1.29, 1.82) is 0 Å². The van der Waals surface area contributed by atoms with Crippen molar-refractivity contribution < 1.29 is 9.53 Å². The second kappa shape index (κ2) is 5.09. The highest BCUT2D eigenvalue weighted by Gasteiger charge is 2.03. The molecule has 5 heteroatoms. The Kier molecular flexibility index (Phi) is 3.79. The quantitative estimate of drug-likeness (QED) is 0.759. The molecule has 0 aliphatic rings. The molecule has 0 atom stereocenters. The molecule has 1 aromatic heterocycles. The van der Waals surface area contributed by atoms with Gasteiger partial charge in [-0.05, 0) is 19.1 Å². The molecule has 1 rings (SSSR count). The second-order valence-electron chi connectivity index (χ2n) is 2.84. The van der Waals surface area contributed by atoms with Crippen LogP contribution >= 0.6 is 0 Å². The summed E-state index contributed by atoms with van der Waals surface area (Å²) in [4.78, 5) is 10.7. The molecule has 1 N–H and O–H groups in total. The first-order valence-corrected chi connectivity index (χ1v) is 4.57. The summed E-state index contributed by atoms with van der Waals surface area (Å²) in [6.07, 6.45) is 0. The van der Waals surface area contributed by atoms with Gasteiger partial charge in [0.1, 0.15) is 11.5 Å².